The maximum absolute atomic E-state index is 8.55. The Balaban J connectivity index is 2.97. The van der Waals surface area contributed by atoms with Crippen LogP contribution in [0.4, 0.5) is 0 Å². The van der Waals surface area contributed by atoms with E-state index in [0.717, 1.165) is 12.8 Å². The van der Waals surface area contributed by atoms with E-state index in [2.05, 4.69) is 6.58 Å². The summed E-state index contributed by atoms with van der Waals surface area (Å²) in [6.07, 6.45) is 3.42. The highest BCUT2D eigenvalue weighted by Crippen LogP contribution is 1.87. The number of hydrogen-bond acceptors (Lipinski definition) is 0. The molecule has 0 saturated carbocycles. The fourth-order valence-corrected chi connectivity index (χ4v) is 0.311. The lowest BCUT2D eigenvalue weighted by atomic mass is 10.2. The summed E-state index contributed by atoms with van der Waals surface area (Å²) in [6.45, 7) is 5.21. The third-order valence-electron chi connectivity index (χ3n) is 0.710. The molecule has 39 valence electrons. The van der Waals surface area contributed by atoms with Crippen LogP contribution in [0.3, 0.4) is 0 Å². The average Bonchev–Trinajstić information content (AvgIpc) is 1.61. The van der Waals surface area contributed by atoms with Gasteiger partial charge in [-0.05, 0) is 19.8 Å². The molecule has 0 aliphatic rings. The minimum absolute atomic E-state index is 0.486. The Morgan fingerprint density at radius 2 is 2.43 bits per heavy atom. The average molecular weight is 96.2 g/mol. The smallest absolute Gasteiger partial charge is 0.0378 e. The van der Waals surface area contributed by atoms with Crippen molar-refractivity contribution in [3.8, 4) is 0 Å². The van der Waals surface area contributed by atoms with Gasteiger partial charge >= 0.3 is 0 Å². The number of hydrogen-bond donors (Lipinski definition) is 0. The summed E-state index contributed by atoms with van der Waals surface area (Å²) in [4.78, 5) is 0. The van der Waals surface area contributed by atoms with Crippen molar-refractivity contribution in [1.82, 2.24) is 5.41 Å². The van der Waals surface area contributed by atoms with Gasteiger partial charge in [0.2, 0.25) is 0 Å². The normalized spacial score (nSPS) is 8.14. The summed E-state index contributed by atoms with van der Waals surface area (Å²) in [5, 5.41) is 8.55. The van der Waals surface area contributed by atoms with Crippen molar-refractivity contribution in [2.45, 2.75) is 19.8 Å². The number of nitrogens with zero attached hydrogens (tertiary/aromatic N) is 1. The quantitative estimate of drug-likeness (QED) is 0.372. The Bertz CT molecular complexity index is 74.2. The Hall–Kier alpha value is -0.590. The first-order valence-corrected chi connectivity index (χ1v) is 2.39. The second-order valence-electron chi connectivity index (χ2n) is 1.56. The number of rotatable bonds is 3. The molecule has 0 spiro atoms. The molecule has 0 heterocycles. The Morgan fingerprint density at radius 1 is 1.86 bits per heavy atom. The van der Waals surface area contributed by atoms with Gasteiger partial charge in [0.25, 0.3) is 0 Å². The van der Waals surface area contributed by atoms with E-state index >= 15 is 0 Å². The topological polar surface area (TPSA) is 22.3 Å². The lowest BCUT2D eigenvalue weighted by Gasteiger charge is -1.85. The fourth-order valence-electron chi connectivity index (χ4n) is 0.311. The van der Waals surface area contributed by atoms with Crippen molar-refractivity contribution in [3.05, 3.63) is 12.7 Å². The molecular formula is C6H10N. The van der Waals surface area contributed by atoms with E-state index in [9.17, 15) is 0 Å². The van der Waals surface area contributed by atoms with Gasteiger partial charge < -0.3 is 0 Å². The molecule has 0 fully saturated rings. The monoisotopic (exact) mass is 96.1 g/mol. The van der Waals surface area contributed by atoms with Crippen LogP contribution in [0.2, 0.25) is 0 Å². The molecule has 0 rings (SSSR count). The molecule has 0 atom stereocenters. The van der Waals surface area contributed by atoms with Gasteiger partial charge in [-0.25, -0.2) is 0 Å². The zero-order valence-corrected chi connectivity index (χ0v) is 4.65. The summed E-state index contributed by atoms with van der Waals surface area (Å²) < 4.78 is 0. The summed E-state index contributed by atoms with van der Waals surface area (Å²) in [6, 6.07) is 0. The van der Waals surface area contributed by atoms with Crippen LogP contribution in [-0.4, -0.2) is 5.71 Å². The molecule has 0 bridgehead atoms. The van der Waals surface area contributed by atoms with E-state index in [1.54, 1.807) is 13.0 Å². The molecule has 0 aliphatic carbocycles. The highest BCUT2D eigenvalue weighted by Gasteiger charge is 1.82. The van der Waals surface area contributed by atoms with Gasteiger partial charge in [-0.1, -0.05) is 6.08 Å². The molecule has 1 nitrogen and oxygen atoms in total. The van der Waals surface area contributed by atoms with Crippen molar-refractivity contribution < 1.29 is 0 Å². The Morgan fingerprint density at radius 3 is 2.57 bits per heavy atom. The van der Waals surface area contributed by atoms with Gasteiger partial charge in [0, 0.05) is 5.71 Å². The SMILES string of the molecule is C=CCCC(C)=[N]. The van der Waals surface area contributed by atoms with E-state index < -0.39 is 0 Å². The molecule has 0 aromatic rings. The zero-order valence-electron chi connectivity index (χ0n) is 4.65. The first-order valence-electron chi connectivity index (χ1n) is 2.39. The zero-order chi connectivity index (χ0) is 5.70. The molecule has 1 radical (unpaired) electrons. The van der Waals surface area contributed by atoms with Gasteiger partial charge in [-0.3, -0.25) is 0 Å². The van der Waals surface area contributed by atoms with Gasteiger partial charge in [-0.15, -0.1) is 6.58 Å². The molecule has 0 aromatic heterocycles. The largest absolute Gasteiger partial charge is 0.160 e. The molecule has 0 amide bonds. The second kappa shape index (κ2) is 3.59. The van der Waals surface area contributed by atoms with Crippen molar-refractivity contribution in [2.75, 3.05) is 0 Å². The molecule has 0 aliphatic heterocycles. The van der Waals surface area contributed by atoms with Crippen LogP contribution in [-0.2, 0) is 0 Å². The van der Waals surface area contributed by atoms with Crippen LogP contribution in [0.1, 0.15) is 19.8 Å². The molecule has 0 saturated heterocycles. The summed E-state index contributed by atoms with van der Waals surface area (Å²) >= 11 is 0. The van der Waals surface area contributed by atoms with Crippen LogP contribution in [0.25, 0.3) is 0 Å². The van der Waals surface area contributed by atoms with E-state index in [-0.39, 0.29) is 0 Å². The van der Waals surface area contributed by atoms with Gasteiger partial charge in [-0.2, -0.15) is 5.41 Å². The van der Waals surface area contributed by atoms with E-state index in [4.69, 9.17) is 5.41 Å². The van der Waals surface area contributed by atoms with Crippen molar-refractivity contribution in [3.63, 3.8) is 0 Å². The molecule has 0 aromatic carbocycles. The highest BCUT2D eigenvalue weighted by atomic mass is 14.4. The first kappa shape index (κ1) is 6.41. The van der Waals surface area contributed by atoms with Crippen LogP contribution < -0.4 is 5.41 Å². The minimum Gasteiger partial charge on any atom is -0.160 e. The third kappa shape index (κ3) is 5.41. The van der Waals surface area contributed by atoms with E-state index in [1.165, 1.54) is 0 Å². The molecule has 0 unspecified atom stereocenters. The predicted molar refractivity (Wildman–Crippen MR) is 32.2 cm³/mol. The van der Waals surface area contributed by atoms with Gasteiger partial charge in [0.1, 0.15) is 0 Å². The Labute approximate surface area is 44.6 Å². The molecule has 0 N–H and O–H groups in total. The maximum Gasteiger partial charge on any atom is 0.0378 e. The lowest BCUT2D eigenvalue weighted by molar-refractivity contribution is 1.09. The summed E-state index contributed by atoms with van der Waals surface area (Å²) in [5.74, 6) is 0. The van der Waals surface area contributed by atoms with E-state index in [0.29, 0.717) is 5.71 Å². The minimum atomic E-state index is 0.486. The standard InChI is InChI=1S/C6H10N/c1-3-4-5-6(2)7/h3H,1,4-5H2,2H3. The molecular weight excluding hydrogens is 86.1 g/mol. The van der Waals surface area contributed by atoms with Crippen LogP contribution >= 0.6 is 0 Å². The van der Waals surface area contributed by atoms with Crippen LogP contribution in [0.5, 0.6) is 0 Å². The van der Waals surface area contributed by atoms with Crippen molar-refractivity contribution in [2.24, 2.45) is 0 Å². The maximum atomic E-state index is 8.55. The molecule has 7 heavy (non-hydrogen) atoms. The van der Waals surface area contributed by atoms with Crippen LogP contribution in [0, 0.1) is 0 Å². The lowest BCUT2D eigenvalue weighted by Crippen LogP contribution is -1.88. The fraction of sp³-hybridized carbons (Fsp3) is 0.500. The van der Waals surface area contributed by atoms with Gasteiger partial charge in [0.15, 0.2) is 0 Å². The molecule has 1 heteroatoms. The second-order valence-corrected chi connectivity index (χ2v) is 1.56. The summed E-state index contributed by atoms with van der Waals surface area (Å²) in [7, 11) is 0. The highest BCUT2D eigenvalue weighted by molar-refractivity contribution is 5.79. The first-order chi connectivity index (χ1) is 3.27. The number of allylic oxidation sites excluding steroid dienone is 1. The van der Waals surface area contributed by atoms with Crippen molar-refractivity contribution >= 4 is 5.71 Å². The van der Waals surface area contributed by atoms with E-state index in [1.807, 2.05) is 0 Å². The van der Waals surface area contributed by atoms with Crippen LogP contribution in [0.15, 0.2) is 12.7 Å². The third-order valence-corrected chi connectivity index (χ3v) is 0.710. The summed E-state index contributed by atoms with van der Waals surface area (Å²) in [5.41, 5.74) is 0.486. The van der Waals surface area contributed by atoms with Gasteiger partial charge in [0.05, 0.1) is 0 Å². The Kier molecular flexibility index (Phi) is 3.29. The van der Waals surface area contributed by atoms with Crippen molar-refractivity contribution in [1.29, 1.82) is 0 Å². The predicted octanol–water partition coefficient (Wildman–Crippen LogP) is 1.21.